The molecule has 4 rings (SSSR count). The average Bonchev–Trinajstić information content (AvgIpc) is 2.95. The van der Waals surface area contributed by atoms with Gasteiger partial charge in [-0.25, -0.2) is 9.78 Å². The summed E-state index contributed by atoms with van der Waals surface area (Å²) in [6, 6.07) is 14.4. The Kier molecular flexibility index (Phi) is 9.81. The first-order valence-electron chi connectivity index (χ1n) is 14.3. The summed E-state index contributed by atoms with van der Waals surface area (Å²) in [4.78, 5) is 44.0. The lowest BCUT2D eigenvalue weighted by molar-refractivity contribution is -0.136. The third-order valence-electron chi connectivity index (χ3n) is 6.87. The van der Waals surface area contributed by atoms with Crippen molar-refractivity contribution in [2.75, 3.05) is 41.7 Å². The second kappa shape index (κ2) is 13.4. The fraction of sp³-hybridized carbons (Fsp3) is 0.375. The van der Waals surface area contributed by atoms with Gasteiger partial charge in [0.05, 0.1) is 11.4 Å². The molecule has 1 fully saturated rings. The normalized spacial score (nSPS) is 13.8. The molecule has 1 aliphatic heterocycles. The summed E-state index contributed by atoms with van der Waals surface area (Å²) in [5.74, 6) is -0.427. The number of ether oxygens (including phenoxy) is 1. The Balaban J connectivity index is 1.45. The second-order valence-electron chi connectivity index (χ2n) is 11.5. The van der Waals surface area contributed by atoms with Gasteiger partial charge in [0.2, 0.25) is 5.91 Å². The molecule has 0 unspecified atom stereocenters. The molecule has 1 saturated heterocycles. The Morgan fingerprint density at radius 1 is 0.886 bits per heavy atom. The molecule has 0 bridgehead atoms. The molecule has 3 aromatic rings. The lowest BCUT2D eigenvalue weighted by Crippen LogP contribution is -2.50. The van der Waals surface area contributed by atoms with Crippen molar-refractivity contribution >= 4 is 35.1 Å². The van der Waals surface area contributed by atoms with Gasteiger partial charge in [-0.1, -0.05) is 24.3 Å². The zero-order valence-electron chi connectivity index (χ0n) is 25.1. The van der Waals surface area contributed by atoms with Gasteiger partial charge in [-0.3, -0.25) is 9.59 Å². The molecular formula is C32H36F3N5O4. The van der Waals surface area contributed by atoms with Gasteiger partial charge in [0.15, 0.2) is 0 Å². The van der Waals surface area contributed by atoms with E-state index in [0.29, 0.717) is 18.7 Å². The van der Waals surface area contributed by atoms with Crippen LogP contribution in [0, 0.1) is 0 Å². The molecule has 234 valence electrons. The summed E-state index contributed by atoms with van der Waals surface area (Å²) in [7, 11) is 0. The van der Waals surface area contributed by atoms with Gasteiger partial charge in [-0.2, -0.15) is 13.2 Å². The van der Waals surface area contributed by atoms with E-state index in [2.05, 4.69) is 15.6 Å². The smallest absolute Gasteiger partial charge is 0.420 e. The Hall–Kier alpha value is -4.61. The van der Waals surface area contributed by atoms with Gasteiger partial charge in [0.25, 0.3) is 5.91 Å². The summed E-state index contributed by atoms with van der Waals surface area (Å²) >= 11 is 0. The predicted octanol–water partition coefficient (Wildman–Crippen LogP) is 6.15. The number of aryl methyl sites for hydroxylation is 2. The van der Waals surface area contributed by atoms with E-state index in [1.54, 1.807) is 56.1 Å². The molecule has 0 atom stereocenters. The second-order valence-corrected chi connectivity index (χ2v) is 11.5. The molecule has 3 amide bonds. The molecule has 2 heterocycles. The van der Waals surface area contributed by atoms with Crippen molar-refractivity contribution < 1.29 is 32.3 Å². The Morgan fingerprint density at radius 2 is 1.57 bits per heavy atom. The van der Waals surface area contributed by atoms with Crippen LogP contribution in [0.5, 0.6) is 0 Å². The summed E-state index contributed by atoms with van der Waals surface area (Å²) < 4.78 is 48.7. The van der Waals surface area contributed by atoms with Crippen LogP contribution in [-0.4, -0.2) is 59.6 Å². The summed E-state index contributed by atoms with van der Waals surface area (Å²) in [6.45, 7) is 7.40. The van der Waals surface area contributed by atoms with Crippen molar-refractivity contribution in [3.05, 3.63) is 83.0 Å². The molecule has 0 aliphatic carbocycles. The number of hydrogen-bond donors (Lipinski definition) is 2. The van der Waals surface area contributed by atoms with Crippen LogP contribution in [0.2, 0.25) is 0 Å². The van der Waals surface area contributed by atoms with Gasteiger partial charge in [-0.05, 0) is 75.1 Å². The van der Waals surface area contributed by atoms with Gasteiger partial charge in [-0.15, -0.1) is 0 Å². The zero-order valence-corrected chi connectivity index (χ0v) is 25.1. The Morgan fingerprint density at radius 3 is 2.18 bits per heavy atom. The molecule has 9 nitrogen and oxygen atoms in total. The van der Waals surface area contributed by atoms with E-state index in [0.717, 1.165) is 11.1 Å². The number of pyridine rings is 1. The first-order chi connectivity index (χ1) is 20.7. The lowest BCUT2D eigenvalue weighted by atomic mass is 10.0. The highest BCUT2D eigenvalue weighted by atomic mass is 19.4. The first-order valence-corrected chi connectivity index (χ1v) is 14.3. The Labute approximate surface area is 254 Å². The topological polar surface area (TPSA) is 104 Å². The number of aromatic nitrogens is 1. The first kappa shape index (κ1) is 32.3. The number of rotatable bonds is 7. The predicted molar refractivity (Wildman–Crippen MR) is 162 cm³/mol. The largest absolute Gasteiger partial charge is 0.444 e. The summed E-state index contributed by atoms with van der Waals surface area (Å²) in [5.41, 5.74) is -0.0417. The minimum atomic E-state index is -4.74. The van der Waals surface area contributed by atoms with Crippen LogP contribution in [0.3, 0.4) is 0 Å². The van der Waals surface area contributed by atoms with E-state index < -0.39 is 29.3 Å². The van der Waals surface area contributed by atoms with E-state index >= 15 is 0 Å². The minimum absolute atomic E-state index is 0.0639. The van der Waals surface area contributed by atoms with Crippen LogP contribution in [0.25, 0.3) is 0 Å². The number of halogens is 3. The molecule has 1 aromatic heterocycles. The minimum Gasteiger partial charge on any atom is -0.444 e. The number of piperazine rings is 1. The van der Waals surface area contributed by atoms with Crippen LogP contribution in [-0.2, 0) is 28.5 Å². The van der Waals surface area contributed by atoms with Gasteiger partial charge in [0, 0.05) is 44.9 Å². The highest BCUT2D eigenvalue weighted by Crippen LogP contribution is 2.42. The van der Waals surface area contributed by atoms with Gasteiger partial charge >= 0.3 is 12.3 Å². The third-order valence-corrected chi connectivity index (χ3v) is 6.87. The molecule has 2 aromatic carbocycles. The van der Waals surface area contributed by atoms with Crippen LogP contribution in [0.1, 0.15) is 54.7 Å². The highest BCUT2D eigenvalue weighted by Gasteiger charge is 2.39. The third kappa shape index (κ3) is 8.71. The number of amides is 3. The number of benzene rings is 2. The summed E-state index contributed by atoms with van der Waals surface area (Å²) in [5, 5.41) is 5.08. The van der Waals surface area contributed by atoms with Crippen molar-refractivity contribution in [3.8, 4) is 0 Å². The van der Waals surface area contributed by atoms with Gasteiger partial charge in [0.1, 0.15) is 17.0 Å². The van der Waals surface area contributed by atoms with E-state index in [4.69, 9.17) is 4.74 Å². The van der Waals surface area contributed by atoms with Crippen molar-refractivity contribution in [1.29, 1.82) is 0 Å². The standard InChI is InChI=1S/C32H36F3N5O4/c1-21(41)37-27-14-13-23(20-36-27)12-11-22-7-5-8-24(19-22)29(42)38-25-9-6-10-26(28(25)32(33,34)35)39-15-17-40(18-16-39)30(43)44-31(2,3)4/h5-10,13-14,19-20H,11-12,15-18H2,1-4H3,(H,38,42)(H,36,37,41). The lowest BCUT2D eigenvalue weighted by Gasteiger charge is -2.38. The maximum Gasteiger partial charge on any atom is 0.420 e. The maximum atomic E-state index is 14.4. The van der Waals surface area contributed by atoms with E-state index in [1.807, 2.05) is 12.1 Å². The van der Waals surface area contributed by atoms with Crippen molar-refractivity contribution in [2.45, 2.75) is 52.3 Å². The number of anilines is 3. The molecule has 0 spiro atoms. The quantitative estimate of drug-likeness (QED) is 0.332. The fourth-order valence-electron chi connectivity index (χ4n) is 4.84. The van der Waals surface area contributed by atoms with Crippen LogP contribution < -0.4 is 15.5 Å². The van der Waals surface area contributed by atoms with E-state index in [-0.39, 0.29) is 49.0 Å². The van der Waals surface area contributed by atoms with Crippen LogP contribution >= 0.6 is 0 Å². The van der Waals surface area contributed by atoms with Crippen molar-refractivity contribution in [1.82, 2.24) is 9.88 Å². The number of hydrogen-bond acceptors (Lipinski definition) is 6. The number of carbonyl (C=O) groups is 3. The van der Waals surface area contributed by atoms with Crippen molar-refractivity contribution in [2.24, 2.45) is 0 Å². The zero-order chi connectivity index (χ0) is 32.1. The number of carbonyl (C=O) groups excluding carboxylic acids is 3. The highest BCUT2D eigenvalue weighted by molar-refractivity contribution is 6.05. The number of nitrogens with zero attached hydrogens (tertiary/aromatic N) is 3. The number of alkyl halides is 3. The number of nitrogens with one attached hydrogen (secondary N) is 2. The molecular weight excluding hydrogens is 575 g/mol. The maximum absolute atomic E-state index is 14.4. The monoisotopic (exact) mass is 611 g/mol. The molecule has 12 heteroatoms. The van der Waals surface area contributed by atoms with E-state index in [9.17, 15) is 27.6 Å². The molecule has 44 heavy (non-hydrogen) atoms. The molecule has 0 radical (unpaired) electrons. The van der Waals surface area contributed by atoms with E-state index in [1.165, 1.54) is 30.0 Å². The molecule has 1 aliphatic rings. The average molecular weight is 612 g/mol. The van der Waals surface area contributed by atoms with Crippen molar-refractivity contribution in [3.63, 3.8) is 0 Å². The summed E-state index contributed by atoms with van der Waals surface area (Å²) in [6.07, 6.45) is -2.41. The molecule has 2 N–H and O–H groups in total. The van der Waals surface area contributed by atoms with Gasteiger partial charge < -0.3 is 25.2 Å². The van der Waals surface area contributed by atoms with Crippen LogP contribution in [0.4, 0.5) is 35.2 Å². The fourth-order valence-corrected chi connectivity index (χ4v) is 4.84. The Bertz CT molecular complexity index is 1490. The molecule has 0 saturated carbocycles. The van der Waals surface area contributed by atoms with Crippen LogP contribution in [0.15, 0.2) is 60.8 Å². The SMILES string of the molecule is CC(=O)Nc1ccc(CCc2cccc(C(=O)Nc3cccc(N4CCN(C(=O)OC(C)(C)C)CC4)c3C(F)(F)F)c2)cn1.